The van der Waals surface area contributed by atoms with Crippen molar-refractivity contribution in [3.8, 4) is 11.4 Å². The molecular formula is C12H11FN2. The Morgan fingerprint density at radius 2 is 1.73 bits per heavy atom. The molecule has 2 aromatic rings. The van der Waals surface area contributed by atoms with E-state index in [4.69, 9.17) is 0 Å². The van der Waals surface area contributed by atoms with E-state index in [9.17, 15) is 4.39 Å². The zero-order valence-electron chi connectivity index (χ0n) is 8.66. The Morgan fingerprint density at radius 1 is 1.07 bits per heavy atom. The van der Waals surface area contributed by atoms with Gasteiger partial charge in [0.1, 0.15) is 5.82 Å². The molecule has 1 aromatic heterocycles. The van der Waals surface area contributed by atoms with Crippen molar-refractivity contribution < 1.29 is 4.39 Å². The van der Waals surface area contributed by atoms with Gasteiger partial charge in [-0.25, -0.2) is 14.4 Å². The third-order valence-electron chi connectivity index (χ3n) is 2.20. The van der Waals surface area contributed by atoms with E-state index in [1.165, 1.54) is 6.07 Å². The lowest BCUT2D eigenvalue weighted by Gasteiger charge is -2.02. The van der Waals surface area contributed by atoms with Crippen LogP contribution in [0.1, 0.15) is 11.1 Å². The second kappa shape index (κ2) is 3.77. The van der Waals surface area contributed by atoms with Crippen LogP contribution >= 0.6 is 0 Å². The fourth-order valence-electron chi connectivity index (χ4n) is 1.33. The summed E-state index contributed by atoms with van der Waals surface area (Å²) in [6, 6.07) is 4.88. The van der Waals surface area contributed by atoms with Crippen LogP contribution < -0.4 is 0 Å². The maximum atomic E-state index is 13.0. The van der Waals surface area contributed by atoms with E-state index in [0.717, 1.165) is 11.1 Å². The fourth-order valence-corrected chi connectivity index (χ4v) is 1.33. The minimum Gasteiger partial charge on any atom is -0.236 e. The Kier molecular flexibility index (Phi) is 2.46. The van der Waals surface area contributed by atoms with Crippen LogP contribution in [0, 0.1) is 19.7 Å². The van der Waals surface area contributed by atoms with Crippen molar-refractivity contribution in [3.63, 3.8) is 0 Å². The quantitative estimate of drug-likeness (QED) is 0.710. The molecule has 0 saturated carbocycles. The molecule has 0 aliphatic carbocycles. The predicted octanol–water partition coefficient (Wildman–Crippen LogP) is 2.90. The second-order valence-corrected chi connectivity index (χ2v) is 3.55. The highest BCUT2D eigenvalue weighted by molar-refractivity contribution is 5.55. The van der Waals surface area contributed by atoms with Gasteiger partial charge in [-0.2, -0.15) is 0 Å². The van der Waals surface area contributed by atoms with Crippen molar-refractivity contribution in [1.29, 1.82) is 0 Å². The van der Waals surface area contributed by atoms with Gasteiger partial charge < -0.3 is 0 Å². The lowest BCUT2D eigenvalue weighted by molar-refractivity contribution is 0.618. The first-order chi connectivity index (χ1) is 7.16. The van der Waals surface area contributed by atoms with Gasteiger partial charge in [0.05, 0.1) is 0 Å². The van der Waals surface area contributed by atoms with Crippen molar-refractivity contribution in [3.05, 3.63) is 47.5 Å². The Morgan fingerprint density at radius 3 is 2.33 bits per heavy atom. The molecule has 0 amide bonds. The van der Waals surface area contributed by atoms with Gasteiger partial charge in [-0.3, -0.25) is 0 Å². The van der Waals surface area contributed by atoms with Crippen LogP contribution in [0.5, 0.6) is 0 Å². The maximum absolute atomic E-state index is 13.0. The lowest BCUT2D eigenvalue weighted by Crippen LogP contribution is -1.91. The molecule has 0 bridgehead atoms. The van der Waals surface area contributed by atoms with E-state index in [1.807, 2.05) is 6.92 Å². The predicted molar refractivity (Wildman–Crippen MR) is 56.9 cm³/mol. The van der Waals surface area contributed by atoms with Gasteiger partial charge in [-0.15, -0.1) is 0 Å². The zero-order chi connectivity index (χ0) is 10.8. The molecule has 0 N–H and O–H groups in total. The van der Waals surface area contributed by atoms with Crippen LogP contribution in [0.4, 0.5) is 4.39 Å². The Balaban J connectivity index is 2.45. The normalized spacial score (nSPS) is 10.3. The topological polar surface area (TPSA) is 25.8 Å². The summed E-state index contributed by atoms with van der Waals surface area (Å²) in [7, 11) is 0. The monoisotopic (exact) mass is 202 g/mol. The van der Waals surface area contributed by atoms with E-state index < -0.39 is 0 Å². The third kappa shape index (κ3) is 2.01. The van der Waals surface area contributed by atoms with E-state index in [2.05, 4.69) is 9.97 Å². The average molecular weight is 202 g/mol. The van der Waals surface area contributed by atoms with E-state index >= 15 is 0 Å². The van der Waals surface area contributed by atoms with Crippen LogP contribution in [0.15, 0.2) is 30.6 Å². The van der Waals surface area contributed by atoms with Crippen molar-refractivity contribution >= 4 is 0 Å². The molecule has 2 rings (SSSR count). The number of halogens is 1. The fraction of sp³-hybridized carbons (Fsp3) is 0.167. The molecule has 15 heavy (non-hydrogen) atoms. The Bertz CT molecular complexity index is 477. The molecule has 0 saturated heterocycles. The number of hydrogen-bond acceptors (Lipinski definition) is 2. The summed E-state index contributed by atoms with van der Waals surface area (Å²) in [6.45, 7) is 3.66. The van der Waals surface area contributed by atoms with Crippen LogP contribution in [-0.2, 0) is 0 Å². The summed E-state index contributed by atoms with van der Waals surface area (Å²) < 4.78 is 13.0. The molecule has 76 valence electrons. The Labute approximate surface area is 87.8 Å². The smallest absolute Gasteiger partial charge is 0.159 e. The first-order valence-corrected chi connectivity index (χ1v) is 4.72. The van der Waals surface area contributed by atoms with E-state index in [-0.39, 0.29) is 5.82 Å². The minimum absolute atomic E-state index is 0.203. The maximum Gasteiger partial charge on any atom is 0.159 e. The molecule has 2 nitrogen and oxygen atoms in total. The molecule has 0 radical (unpaired) electrons. The molecule has 0 unspecified atom stereocenters. The lowest BCUT2D eigenvalue weighted by atomic mass is 10.1. The molecule has 3 heteroatoms. The van der Waals surface area contributed by atoms with Gasteiger partial charge in [-0.05, 0) is 43.2 Å². The summed E-state index contributed by atoms with van der Waals surface area (Å²) in [5.74, 6) is 0.426. The number of rotatable bonds is 1. The van der Waals surface area contributed by atoms with E-state index in [0.29, 0.717) is 11.4 Å². The summed E-state index contributed by atoms with van der Waals surface area (Å²) >= 11 is 0. The third-order valence-corrected chi connectivity index (χ3v) is 2.20. The highest BCUT2D eigenvalue weighted by Crippen LogP contribution is 2.17. The molecule has 0 aliphatic heterocycles. The molecule has 1 aromatic carbocycles. The van der Waals surface area contributed by atoms with Gasteiger partial charge >= 0.3 is 0 Å². The van der Waals surface area contributed by atoms with Crippen LogP contribution in [-0.4, -0.2) is 9.97 Å². The standard InChI is InChI=1S/C12H11FN2/c1-8-6-14-12(15-7-8)10-3-4-11(13)9(2)5-10/h3-7H,1-2H3. The van der Waals surface area contributed by atoms with Gasteiger partial charge in [0, 0.05) is 18.0 Å². The van der Waals surface area contributed by atoms with Gasteiger partial charge in [0.15, 0.2) is 5.82 Å². The Hall–Kier alpha value is -1.77. The van der Waals surface area contributed by atoms with Gasteiger partial charge in [-0.1, -0.05) is 0 Å². The van der Waals surface area contributed by atoms with Crippen LogP contribution in [0.2, 0.25) is 0 Å². The molecule has 0 fully saturated rings. The molecule has 0 spiro atoms. The summed E-state index contributed by atoms with van der Waals surface area (Å²) in [6.07, 6.45) is 3.50. The SMILES string of the molecule is Cc1cnc(-c2ccc(F)c(C)c2)nc1. The average Bonchev–Trinajstić information content (AvgIpc) is 2.23. The second-order valence-electron chi connectivity index (χ2n) is 3.55. The largest absolute Gasteiger partial charge is 0.236 e. The molecular weight excluding hydrogens is 191 g/mol. The van der Waals surface area contributed by atoms with Crippen LogP contribution in [0.3, 0.4) is 0 Å². The minimum atomic E-state index is -0.203. The summed E-state index contributed by atoms with van der Waals surface area (Å²) in [5.41, 5.74) is 2.46. The highest BCUT2D eigenvalue weighted by Gasteiger charge is 2.03. The van der Waals surface area contributed by atoms with E-state index in [1.54, 1.807) is 31.5 Å². The van der Waals surface area contributed by atoms with Crippen molar-refractivity contribution in [2.75, 3.05) is 0 Å². The molecule has 1 heterocycles. The number of benzene rings is 1. The number of nitrogens with zero attached hydrogens (tertiary/aromatic N) is 2. The highest BCUT2D eigenvalue weighted by atomic mass is 19.1. The summed E-state index contributed by atoms with van der Waals surface area (Å²) in [5, 5.41) is 0. The summed E-state index contributed by atoms with van der Waals surface area (Å²) in [4.78, 5) is 8.37. The zero-order valence-corrected chi connectivity index (χ0v) is 8.66. The molecule has 0 atom stereocenters. The van der Waals surface area contributed by atoms with Crippen LogP contribution in [0.25, 0.3) is 11.4 Å². The van der Waals surface area contributed by atoms with Gasteiger partial charge in [0.2, 0.25) is 0 Å². The van der Waals surface area contributed by atoms with Crippen molar-refractivity contribution in [2.45, 2.75) is 13.8 Å². The number of hydrogen-bond donors (Lipinski definition) is 0. The molecule has 0 aliphatic rings. The first-order valence-electron chi connectivity index (χ1n) is 4.72. The van der Waals surface area contributed by atoms with Crippen molar-refractivity contribution in [2.24, 2.45) is 0 Å². The number of aryl methyl sites for hydroxylation is 2. The van der Waals surface area contributed by atoms with Crippen molar-refractivity contribution in [1.82, 2.24) is 9.97 Å². The first kappa shape index (κ1) is 9.77. The van der Waals surface area contributed by atoms with Gasteiger partial charge in [0.25, 0.3) is 0 Å². The number of aromatic nitrogens is 2.